The molecular formula is C22H20N2O5S. The van der Waals surface area contributed by atoms with Gasteiger partial charge in [0.05, 0.1) is 10.6 Å². The van der Waals surface area contributed by atoms with E-state index >= 15 is 0 Å². The van der Waals surface area contributed by atoms with E-state index in [0.717, 1.165) is 11.1 Å². The van der Waals surface area contributed by atoms with Gasteiger partial charge < -0.3 is 14.8 Å². The second-order valence-corrected chi connectivity index (χ2v) is 8.95. The van der Waals surface area contributed by atoms with Gasteiger partial charge in [-0.15, -0.1) is 0 Å². The standard InChI is InChI=1S/C22H20N2O5S/c1-15-4-5-17(22(25)24-12-16-3-2-8-23-11-16)9-18(15)13-30(26,27)19-6-7-20-21(10-19)29-14-28-20/h2-11H,12-14H2,1H3,(H,24,25). The molecular weight excluding hydrogens is 404 g/mol. The third-order valence-corrected chi connectivity index (χ3v) is 6.50. The normalized spacial score (nSPS) is 12.6. The summed E-state index contributed by atoms with van der Waals surface area (Å²) in [6.45, 7) is 2.24. The summed E-state index contributed by atoms with van der Waals surface area (Å²) in [6.07, 6.45) is 3.34. The second kappa shape index (κ2) is 8.16. The lowest BCUT2D eigenvalue weighted by Crippen LogP contribution is -2.23. The van der Waals surface area contributed by atoms with Gasteiger partial charge in [-0.2, -0.15) is 0 Å². The lowest BCUT2D eigenvalue weighted by Gasteiger charge is -2.11. The maximum absolute atomic E-state index is 12.9. The number of aryl methyl sites for hydroxylation is 1. The Labute approximate surface area is 174 Å². The van der Waals surface area contributed by atoms with Crippen molar-refractivity contribution in [3.8, 4) is 11.5 Å². The summed E-state index contributed by atoms with van der Waals surface area (Å²) in [7, 11) is -3.63. The third-order valence-electron chi connectivity index (χ3n) is 4.84. The van der Waals surface area contributed by atoms with E-state index in [-0.39, 0.29) is 23.3 Å². The quantitative estimate of drug-likeness (QED) is 0.654. The first-order valence-electron chi connectivity index (χ1n) is 9.31. The van der Waals surface area contributed by atoms with Gasteiger partial charge in [0, 0.05) is 30.6 Å². The summed E-state index contributed by atoms with van der Waals surface area (Å²) in [5, 5.41) is 2.83. The summed E-state index contributed by atoms with van der Waals surface area (Å²) >= 11 is 0. The van der Waals surface area contributed by atoms with Crippen LogP contribution in [0.15, 0.2) is 65.8 Å². The van der Waals surface area contributed by atoms with Crippen molar-refractivity contribution in [2.45, 2.75) is 24.1 Å². The zero-order valence-electron chi connectivity index (χ0n) is 16.3. The average molecular weight is 424 g/mol. The van der Waals surface area contributed by atoms with Crippen LogP contribution in [0.4, 0.5) is 0 Å². The number of benzene rings is 2. The number of hydrogen-bond donors (Lipinski definition) is 1. The van der Waals surface area contributed by atoms with Crippen molar-refractivity contribution >= 4 is 15.7 Å². The summed E-state index contributed by atoms with van der Waals surface area (Å²) in [4.78, 5) is 16.7. The molecule has 8 heteroatoms. The topological polar surface area (TPSA) is 94.6 Å². The molecule has 1 aliphatic heterocycles. The highest BCUT2D eigenvalue weighted by atomic mass is 32.2. The minimum Gasteiger partial charge on any atom is -0.454 e. The third kappa shape index (κ3) is 4.28. The van der Waals surface area contributed by atoms with Crippen LogP contribution in [0.3, 0.4) is 0 Å². The fourth-order valence-corrected chi connectivity index (χ4v) is 4.56. The van der Waals surface area contributed by atoms with E-state index in [9.17, 15) is 13.2 Å². The van der Waals surface area contributed by atoms with E-state index in [1.54, 1.807) is 42.7 Å². The van der Waals surface area contributed by atoms with E-state index in [1.165, 1.54) is 12.1 Å². The van der Waals surface area contributed by atoms with Gasteiger partial charge in [0.25, 0.3) is 5.91 Å². The Morgan fingerprint density at radius 1 is 1.10 bits per heavy atom. The molecule has 4 rings (SSSR count). The van der Waals surface area contributed by atoms with Crippen LogP contribution in [-0.4, -0.2) is 26.1 Å². The monoisotopic (exact) mass is 424 g/mol. The highest BCUT2D eigenvalue weighted by Gasteiger charge is 2.22. The van der Waals surface area contributed by atoms with Crippen LogP contribution in [0, 0.1) is 6.92 Å². The highest BCUT2D eigenvalue weighted by Crippen LogP contribution is 2.34. The zero-order valence-corrected chi connectivity index (χ0v) is 17.1. The van der Waals surface area contributed by atoms with Crippen molar-refractivity contribution in [1.29, 1.82) is 0 Å². The maximum atomic E-state index is 12.9. The SMILES string of the molecule is Cc1ccc(C(=O)NCc2cccnc2)cc1CS(=O)(=O)c1ccc2c(c1)OCO2. The fourth-order valence-electron chi connectivity index (χ4n) is 3.11. The molecule has 1 aromatic heterocycles. The molecule has 30 heavy (non-hydrogen) atoms. The molecule has 1 aliphatic rings. The van der Waals surface area contributed by atoms with Crippen LogP contribution in [0.25, 0.3) is 0 Å². The first-order valence-corrected chi connectivity index (χ1v) is 11.0. The summed E-state index contributed by atoms with van der Waals surface area (Å²) in [5.74, 6) is 0.441. The number of aromatic nitrogens is 1. The smallest absolute Gasteiger partial charge is 0.251 e. The number of ether oxygens (including phenoxy) is 2. The van der Waals surface area contributed by atoms with Gasteiger partial charge in [-0.1, -0.05) is 12.1 Å². The molecule has 2 heterocycles. The Hall–Kier alpha value is -3.39. The Morgan fingerprint density at radius 2 is 1.93 bits per heavy atom. The van der Waals surface area contributed by atoms with E-state index in [0.29, 0.717) is 29.2 Å². The Balaban J connectivity index is 1.52. The number of nitrogens with zero attached hydrogens (tertiary/aromatic N) is 1. The minimum absolute atomic E-state index is 0.0775. The predicted molar refractivity (Wildman–Crippen MR) is 110 cm³/mol. The number of carbonyl (C=O) groups is 1. The van der Waals surface area contributed by atoms with E-state index < -0.39 is 9.84 Å². The molecule has 7 nitrogen and oxygen atoms in total. The number of sulfone groups is 1. The lowest BCUT2D eigenvalue weighted by molar-refractivity contribution is 0.0950. The molecule has 0 aliphatic carbocycles. The van der Waals surface area contributed by atoms with Crippen LogP contribution in [0.5, 0.6) is 11.5 Å². The van der Waals surface area contributed by atoms with E-state index in [1.807, 2.05) is 13.0 Å². The van der Waals surface area contributed by atoms with Gasteiger partial charge in [-0.05, 0) is 53.9 Å². The molecule has 1 amide bonds. The van der Waals surface area contributed by atoms with Crippen LogP contribution in [0.2, 0.25) is 0 Å². The number of amides is 1. The van der Waals surface area contributed by atoms with Gasteiger partial charge in [0.15, 0.2) is 21.3 Å². The first kappa shape index (κ1) is 19.9. The summed E-state index contributed by atoms with van der Waals surface area (Å²) < 4.78 is 36.4. The van der Waals surface area contributed by atoms with Gasteiger partial charge in [0.2, 0.25) is 6.79 Å². The Bertz CT molecular complexity index is 1190. The number of rotatable bonds is 6. The molecule has 3 aromatic rings. The van der Waals surface area contributed by atoms with Gasteiger partial charge in [-0.25, -0.2) is 8.42 Å². The second-order valence-electron chi connectivity index (χ2n) is 6.96. The number of hydrogen-bond acceptors (Lipinski definition) is 6. The summed E-state index contributed by atoms with van der Waals surface area (Å²) in [6, 6.07) is 13.3. The molecule has 0 radical (unpaired) electrons. The molecule has 1 N–H and O–H groups in total. The van der Waals surface area contributed by atoms with Crippen molar-refractivity contribution < 1.29 is 22.7 Å². The van der Waals surface area contributed by atoms with Gasteiger partial charge >= 0.3 is 0 Å². The van der Waals surface area contributed by atoms with Crippen LogP contribution < -0.4 is 14.8 Å². The van der Waals surface area contributed by atoms with Gasteiger partial charge in [0.1, 0.15) is 0 Å². The predicted octanol–water partition coefficient (Wildman–Crippen LogP) is 3.02. The number of nitrogens with one attached hydrogen (secondary N) is 1. The maximum Gasteiger partial charge on any atom is 0.251 e. The van der Waals surface area contributed by atoms with Gasteiger partial charge in [-0.3, -0.25) is 9.78 Å². The first-order chi connectivity index (χ1) is 14.4. The number of pyridine rings is 1. The van der Waals surface area contributed by atoms with Crippen molar-refractivity contribution in [1.82, 2.24) is 10.3 Å². The molecule has 0 saturated carbocycles. The Kier molecular flexibility index (Phi) is 5.41. The molecule has 0 spiro atoms. The minimum atomic E-state index is -3.63. The van der Waals surface area contributed by atoms with Crippen LogP contribution in [0.1, 0.15) is 27.0 Å². The van der Waals surface area contributed by atoms with Crippen molar-refractivity contribution in [3.05, 3.63) is 83.2 Å². The molecule has 0 unspecified atom stereocenters. The largest absolute Gasteiger partial charge is 0.454 e. The molecule has 0 saturated heterocycles. The van der Waals surface area contributed by atoms with Crippen molar-refractivity contribution in [3.63, 3.8) is 0 Å². The van der Waals surface area contributed by atoms with Crippen LogP contribution in [-0.2, 0) is 22.1 Å². The van der Waals surface area contributed by atoms with E-state index in [2.05, 4.69) is 10.3 Å². The van der Waals surface area contributed by atoms with Crippen molar-refractivity contribution in [2.75, 3.05) is 6.79 Å². The molecule has 0 atom stereocenters. The van der Waals surface area contributed by atoms with Crippen molar-refractivity contribution in [2.24, 2.45) is 0 Å². The molecule has 154 valence electrons. The van der Waals surface area contributed by atoms with Crippen LogP contribution >= 0.6 is 0 Å². The lowest BCUT2D eigenvalue weighted by atomic mass is 10.1. The summed E-state index contributed by atoms with van der Waals surface area (Å²) in [5.41, 5.74) is 2.65. The molecule has 0 bridgehead atoms. The fraction of sp³-hybridized carbons (Fsp3) is 0.182. The molecule has 0 fully saturated rings. The average Bonchev–Trinajstić information content (AvgIpc) is 3.22. The van der Waals surface area contributed by atoms with E-state index in [4.69, 9.17) is 9.47 Å². The molecule has 2 aromatic carbocycles. The zero-order chi connectivity index (χ0) is 21.1. The number of carbonyl (C=O) groups excluding carboxylic acids is 1. The number of fused-ring (bicyclic) bond motifs is 1. The highest BCUT2D eigenvalue weighted by molar-refractivity contribution is 7.90. The Morgan fingerprint density at radius 3 is 2.73 bits per heavy atom.